The van der Waals surface area contributed by atoms with Crippen molar-refractivity contribution < 1.29 is 4.74 Å². The van der Waals surface area contributed by atoms with Gasteiger partial charge in [0.05, 0.1) is 29.9 Å². The lowest BCUT2D eigenvalue weighted by atomic mass is 10.1. The van der Waals surface area contributed by atoms with Crippen LogP contribution in [0.25, 0.3) is 27.9 Å². The van der Waals surface area contributed by atoms with Crippen molar-refractivity contribution in [2.45, 2.75) is 0 Å². The minimum Gasteiger partial charge on any atom is -0.378 e. The molecule has 1 aliphatic rings. The van der Waals surface area contributed by atoms with Crippen molar-refractivity contribution in [3.05, 3.63) is 71.5 Å². The van der Waals surface area contributed by atoms with Crippen LogP contribution in [0.2, 0.25) is 0 Å². The van der Waals surface area contributed by atoms with E-state index in [9.17, 15) is 4.79 Å². The molecular weight excluding hydrogens is 406 g/mol. The van der Waals surface area contributed by atoms with Gasteiger partial charge in [-0.05, 0) is 36.4 Å². The fraction of sp³-hybridized carbons (Fsp3) is 0.174. The van der Waals surface area contributed by atoms with Crippen LogP contribution < -0.4 is 15.9 Å². The van der Waals surface area contributed by atoms with Gasteiger partial charge in [-0.2, -0.15) is 0 Å². The summed E-state index contributed by atoms with van der Waals surface area (Å²) in [5.41, 5.74) is 5.80. The van der Waals surface area contributed by atoms with E-state index in [1.165, 1.54) is 5.69 Å². The maximum absolute atomic E-state index is 11.6. The Bertz CT molecular complexity index is 1460. The van der Waals surface area contributed by atoms with Crippen molar-refractivity contribution in [2.24, 2.45) is 0 Å². The number of rotatable bonds is 4. The third-order valence-electron chi connectivity index (χ3n) is 5.69. The van der Waals surface area contributed by atoms with Gasteiger partial charge in [0.2, 0.25) is 0 Å². The lowest BCUT2D eigenvalue weighted by Crippen LogP contribution is -2.36. The number of aromatic amines is 2. The van der Waals surface area contributed by atoms with E-state index >= 15 is 0 Å². The molecule has 3 aromatic heterocycles. The number of nitrogens with one attached hydrogen (secondary N) is 3. The fourth-order valence-corrected chi connectivity index (χ4v) is 4.06. The molecule has 1 aliphatic heterocycles. The highest BCUT2D eigenvalue weighted by Gasteiger charge is 2.13. The fourth-order valence-electron chi connectivity index (χ4n) is 4.06. The molecule has 1 saturated heterocycles. The van der Waals surface area contributed by atoms with Crippen LogP contribution >= 0.6 is 0 Å². The van der Waals surface area contributed by atoms with Gasteiger partial charge in [-0.25, -0.2) is 14.8 Å². The summed E-state index contributed by atoms with van der Waals surface area (Å²) in [7, 11) is 0. The molecule has 0 bridgehead atoms. The predicted molar refractivity (Wildman–Crippen MR) is 124 cm³/mol. The minimum absolute atomic E-state index is 0.224. The molecule has 0 atom stereocenters. The van der Waals surface area contributed by atoms with Crippen molar-refractivity contribution in [2.75, 3.05) is 36.5 Å². The van der Waals surface area contributed by atoms with Gasteiger partial charge in [-0.15, -0.1) is 0 Å². The summed E-state index contributed by atoms with van der Waals surface area (Å²) >= 11 is 0. The van der Waals surface area contributed by atoms with Crippen LogP contribution in [-0.4, -0.2) is 50.6 Å². The van der Waals surface area contributed by atoms with E-state index in [-0.39, 0.29) is 5.69 Å². The van der Waals surface area contributed by atoms with Crippen molar-refractivity contribution >= 4 is 33.9 Å². The standard InChI is InChI=1S/C23H21N7O2/c31-23-27-18-6-1-15(13-19(18)28-23)20-14-30-8-7-24-22(30)21(26-20)25-16-2-4-17(5-3-16)29-9-11-32-12-10-29/h1-8,13-14H,9-12H2,(H,25,26)(H2,27,28,31). The Balaban J connectivity index is 1.34. The second-order valence-electron chi connectivity index (χ2n) is 7.74. The molecule has 6 rings (SSSR count). The summed E-state index contributed by atoms with van der Waals surface area (Å²) in [4.78, 5) is 28.8. The summed E-state index contributed by atoms with van der Waals surface area (Å²) in [6, 6.07) is 14.1. The lowest BCUT2D eigenvalue weighted by molar-refractivity contribution is 0.122. The average molecular weight is 427 g/mol. The van der Waals surface area contributed by atoms with Gasteiger partial charge in [-0.3, -0.25) is 0 Å². The van der Waals surface area contributed by atoms with E-state index in [0.29, 0.717) is 5.82 Å². The molecule has 0 amide bonds. The Hall–Kier alpha value is -4.11. The SMILES string of the molecule is O=c1[nH]c2ccc(-c3cn4ccnc4c(Nc4ccc(N5CCOCC5)cc4)n3)cc2[nH]1. The number of ether oxygens (including phenoxy) is 1. The number of H-pyrrole nitrogens is 2. The second-order valence-corrected chi connectivity index (χ2v) is 7.74. The molecular formula is C23H21N7O2. The normalized spacial score (nSPS) is 14.3. The van der Waals surface area contributed by atoms with Crippen LogP contribution in [0.4, 0.5) is 17.2 Å². The lowest BCUT2D eigenvalue weighted by Gasteiger charge is -2.28. The summed E-state index contributed by atoms with van der Waals surface area (Å²) in [5, 5.41) is 3.41. The first-order chi connectivity index (χ1) is 15.7. The van der Waals surface area contributed by atoms with E-state index in [2.05, 4.69) is 49.4 Å². The molecule has 3 N–H and O–H groups in total. The maximum atomic E-state index is 11.6. The number of hydrogen-bond acceptors (Lipinski definition) is 6. The summed E-state index contributed by atoms with van der Waals surface area (Å²) in [6.45, 7) is 3.33. The van der Waals surface area contributed by atoms with Crippen molar-refractivity contribution in [3.63, 3.8) is 0 Å². The van der Waals surface area contributed by atoms with Crippen LogP contribution in [0.15, 0.2) is 65.8 Å². The number of aromatic nitrogens is 5. The number of morpholine rings is 1. The van der Waals surface area contributed by atoms with Gasteiger partial charge in [-0.1, -0.05) is 6.07 Å². The van der Waals surface area contributed by atoms with Crippen molar-refractivity contribution in [1.29, 1.82) is 0 Å². The van der Waals surface area contributed by atoms with Gasteiger partial charge in [0.1, 0.15) is 0 Å². The van der Waals surface area contributed by atoms with E-state index < -0.39 is 0 Å². The topological polar surface area (TPSA) is 103 Å². The van der Waals surface area contributed by atoms with Crippen LogP contribution in [0.5, 0.6) is 0 Å². The Labute approximate surface area is 182 Å². The zero-order chi connectivity index (χ0) is 21.5. The molecule has 1 fully saturated rings. The highest BCUT2D eigenvalue weighted by molar-refractivity contribution is 5.82. The Morgan fingerprint density at radius 3 is 2.66 bits per heavy atom. The molecule has 0 radical (unpaired) electrons. The Morgan fingerprint density at radius 1 is 1.00 bits per heavy atom. The zero-order valence-electron chi connectivity index (χ0n) is 17.2. The first kappa shape index (κ1) is 18.6. The molecule has 0 saturated carbocycles. The Morgan fingerprint density at radius 2 is 1.81 bits per heavy atom. The highest BCUT2D eigenvalue weighted by Crippen LogP contribution is 2.27. The van der Waals surface area contributed by atoms with Gasteiger partial charge in [0.15, 0.2) is 11.5 Å². The molecule has 32 heavy (non-hydrogen) atoms. The molecule has 0 unspecified atom stereocenters. The second kappa shape index (κ2) is 7.54. The summed E-state index contributed by atoms with van der Waals surface area (Å²) in [5.74, 6) is 0.661. The number of imidazole rings is 2. The maximum Gasteiger partial charge on any atom is 0.323 e. The van der Waals surface area contributed by atoms with Crippen molar-refractivity contribution in [1.82, 2.24) is 24.3 Å². The van der Waals surface area contributed by atoms with E-state index in [1.54, 1.807) is 6.20 Å². The summed E-state index contributed by atoms with van der Waals surface area (Å²) < 4.78 is 7.38. The number of hydrogen-bond donors (Lipinski definition) is 3. The summed E-state index contributed by atoms with van der Waals surface area (Å²) in [6.07, 6.45) is 5.57. The molecule has 2 aromatic carbocycles. The first-order valence-electron chi connectivity index (χ1n) is 10.5. The molecule has 9 nitrogen and oxygen atoms in total. The number of anilines is 3. The van der Waals surface area contributed by atoms with Crippen LogP contribution in [0.3, 0.4) is 0 Å². The van der Waals surface area contributed by atoms with Crippen LogP contribution in [-0.2, 0) is 4.74 Å². The van der Waals surface area contributed by atoms with Gasteiger partial charge < -0.3 is 29.3 Å². The van der Waals surface area contributed by atoms with Gasteiger partial charge >= 0.3 is 5.69 Å². The molecule has 0 aliphatic carbocycles. The number of nitrogens with zero attached hydrogens (tertiary/aromatic N) is 4. The molecule has 160 valence electrons. The average Bonchev–Trinajstić information content (AvgIpc) is 3.45. The third-order valence-corrected chi connectivity index (χ3v) is 5.69. The third kappa shape index (κ3) is 3.38. The van der Waals surface area contributed by atoms with Crippen LogP contribution in [0, 0.1) is 0 Å². The van der Waals surface area contributed by atoms with Gasteiger partial charge in [0.25, 0.3) is 0 Å². The van der Waals surface area contributed by atoms with E-state index in [0.717, 1.165) is 59.9 Å². The molecule has 9 heteroatoms. The zero-order valence-corrected chi connectivity index (χ0v) is 17.2. The van der Waals surface area contributed by atoms with Crippen LogP contribution in [0.1, 0.15) is 0 Å². The molecule has 5 aromatic rings. The molecule has 0 spiro atoms. The number of benzene rings is 2. The predicted octanol–water partition coefficient (Wildman–Crippen LogP) is 3.15. The molecule has 4 heterocycles. The quantitative estimate of drug-likeness (QED) is 0.407. The monoisotopic (exact) mass is 427 g/mol. The Kier molecular flexibility index (Phi) is 4.39. The van der Waals surface area contributed by atoms with Gasteiger partial charge in [0, 0.05) is 48.6 Å². The largest absolute Gasteiger partial charge is 0.378 e. The van der Waals surface area contributed by atoms with E-state index in [4.69, 9.17) is 9.72 Å². The smallest absolute Gasteiger partial charge is 0.323 e. The minimum atomic E-state index is -0.224. The highest BCUT2D eigenvalue weighted by atomic mass is 16.5. The number of fused-ring (bicyclic) bond motifs is 2. The van der Waals surface area contributed by atoms with Crippen molar-refractivity contribution in [3.8, 4) is 11.3 Å². The van der Waals surface area contributed by atoms with E-state index in [1.807, 2.05) is 35.0 Å². The first-order valence-corrected chi connectivity index (χ1v) is 10.5.